The third-order valence-electron chi connectivity index (χ3n) is 3.80. The zero-order chi connectivity index (χ0) is 20.0. The van der Waals surface area contributed by atoms with Crippen LogP contribution in [0.4, 0.5) is 5.69 Å². The number of hydrogen-bond donors (Lipinski definition) is 2. The van der Waals surface area contributed by atoms with Crippen LogP contribution < -0.4 is 15.4 Å². The van der Waals surface area contributed by atoms with Gasteiger partial charge in [-0.2, -0.15) is 0 Å². The Morgan fingerprint density at radius 1 is 1.04 bits per heavy atom. The van der Waals surface area contributed by atoms with Gasteiger partial charge in [0.1, 0.15) is 5.75 Å². The zero-order valence-corrected chi connectivity index (χ0v) is 16.6. The average molecular weight is 368 g/mol. The maximum absolute atomic E-state index is 12.3. The first kappa shape index (κ1) is 20.5. The van der Waals surface area contributed by atoms with Gasteiger partial charge in [0, 0.05) is 16.8 Å². The van der Waals surface area contributed by atoms with E-state index >= 15 is 0 Å². The van der Waals surface area contributed by atoms with Crippen LogP contribution in [0.3, 0.4) is 0 Å². The lowest BCUT2D eigenvalue weighted by Crippen LogP contribution is -2.40. The molecule has 144 valence electrons. The molecule has 0 radical (unpaired) electrons. The fourth-order valence-electron chi connectivity index (χ4n) is 2.58. The third-order valence-corrected chi connectivity index (χ3v) is 3.80. The quantitative estimate of drug-likeness (QED) is 0.796. The van der Waals surface area contributed by atoms with Gasteiger partial charge in [-0.15, -0.1) is 0 Å². The summed E-state index contributed by atoms with van der Waals surface area (Å²) in [4.78, 5) is 24.5. The van der Waals surface area contributed by atoms with E-state index in [2.05, 4.69) is 24.5 Å². The first-order valence-corrected chi connectivity index (χ1v) is 9.10. The number of rotatable bonds is 6. The molecule has 2 aromatic carbocycles. The van der Waals surface area contributed by atoms with Crippen LogP contribution in [0, 0.1) is 0 Å². The Morgan fingerprint density at radius 3 is 2.41 bits per heavy atom. The van der Waals surface area contributed by atoms with Gasteiger partial charge in [0.25, 0.3) is 11.8 Å². The number of hydrogen-bond acceptors (Lipinski definition) is 3. The molecule has 2 rings (SSSR count). The van der Waals surface area contributed by atoms with Crippen molar-refractivity contribution in [1.29, 1.82) is 0 Å². The molecule has 0 unspecified atom stereocenters. The zero-order valence-electron chi connectivity index (χ0n) is 16.6. The van der Waals surface area contributed by atoms with E-state index in [-0.39, 0.29) is 24.0 Å². The van der Waals surface area contributed by atoms with Gasteiger partial charge in [-0.25, -0.2) is 0 Å². The summed E-state index contributed by atoms with van der Waals surface area (Å²) in [6, 6.07) is 14.5. The number of anilines is 1. The molecule has 0 saturated carbocycles. The molecule has 2 aromatic rings. The Hall–Kier alpha value is -2.82. The summed E-state index contributed by atoms with van der Waals surface area (Å²) >= 11 is 0. The van der Waals surface area contributed by atoms with Crippen LogP contribution in [0.5, 0.6) is 5.75 Å². The van der Waals surface area contributed by atoms with Crippen molar-refractivity contribution >= 4 is 17.5 Å². The van der Waals surface area contributed by atoms with Crippen molar-refractivity contribution in [1.82, 2.24) is 5.32 Å². The molecule has 0 bridgehead atoms. The molecule has 5 nitrogen and oxygen atoms in total. The summed E-state index contributed by atoms with van der Waals surface area (Å²) < 4.78 is 5.68. The summed E-state index contributed by atoms with van der Waals surface area (Å²) in [5.41, 5.74) is 1.79. The average Bonchev–Trinajstić information content (AvgIpc) is 2.59. The predicted molar refractivity (Wildman–Crippen MR) is 108 cm³/mol. The number of amides is 2. The molecule has 0 atom stereocenters. The van der Waals surface area contributed by atoms with E-state index in [0.29, 0.717) is 22.9 Å². The van der Waals surface area contributed by atoms with Crippen molar-refractivity contribution in [2.24, 2.45) is 0 Å². The van der Waals surface area contributed by atoms with Crippen molar-refractivity contribution in [3.05, 3.63) is 59.7 Å². The molecule has 0 aliphatic heterocycles. The topological polar surface area (TPSA) is 67.4 Å². The second kappa shape index (κ2) is 8.71. The van der Waals surface area contributed by atoms with E-state index in [0.717, 1.165) is 5.56 Å². The Kier molecular flexibility index (Phi) is 6.61. The van der Waals surface area contributed by atoms with E-state index in [1.165, 1.54) is 0 Å². The van der Waals surface area contributed by atoms with E-state index in [4.69, 9.17) is 4.74 Å². The summed E-state index contributed by atoms with van der Waals surface area (Å²) in [5.74, 6) is 0.561. The standard InChI is InChI=1S/C22H28N2O3/c1-15(2)18-11-6-7-12-19(18)27-14-20(25)23-17-10-8-9-16(13-17)21(26)24-22(3,4)5/h6-13,15H,14H2,1-5H3,(H,23,25)(H,24,26). The van der Waals surface area contributed by atoms with Gasteiger partial charge in [0.05, 0.1) is 0 Å². The molecule has 5 heteroatoms. The van der Waals surface area contributed by atoms with Gasteiger partial charge in [-0.1, -0.05) is 38.1 Å². The SMILES string of the molecule is CC(C)c1ccccc1OCC(=O)Nc1cccc(C(=O)NC(C)(C)C)c1. The van der Waals surface area contributed by atoms with Crippen LogP contribution in [0.15, 0.2) is 48.5 Å². The lowest BCUT2D eigenvalue weighted by molar-refractivity contribution is -0.118. The molecular formula is C22H28N2O3. The van der Waals surface area contributed by atoms with E-state index in [1.54, 1.807) is 24.3 Å². The summed E-state index contributed by atoms with van der Waals surface area (Å²) in [6.07, 6.45) is 0. The molecule has 2 amide bonds. The molecule has 0 spiro atoms. The normalized spacial score (nSPS) is 11.2. The monoisotopic (exact) mass is 368 g/mol. The van der Waals surface area contributed by atoms with E-state index < -0.39 is 0 Å². The van der Waals surface area contributed by atoms with Crippen molar-refractivity contribution in [3.8, 4) is 5.75 Å². The minimum Gasteiger partial charge on any atom is -0.483 e. The second-order valence-electron chi connectivity index (χ2n) is 7.81. The highest BCUT2D eigenvalue weighted by Crippen LogP contribution is 2.25. The molecular weight excluding hydrogens is 340 g/mol. The van der Waals surface area contributed by atoms with E-state index in [9.17, 15) is 9.59 Å². The number of para-hydroxylation sites is 1. The lowest BCUT2D eigenvalue weighted by atomic mass is 10.0. The molecule has 0 fully saturated rings. The van der Waals surface area contributed by atoms with Crippen LogP contribution in [-0.4, -0.2) is 24.0 Å². The van der Waals surface area contributed by atoms with Gasteiger partial charge in [-0.3, -0.25) is 9.59 Å². The maximum Gasteiger partial charge on any atom is 0.262 e. The summed E-state index contributed by atoms with van der Waals surface area (Å²) in [6.45, 7) is 9.82. The maximum atomic E-state index is 12.3. The van der Waals surface area contributed by atoms with Crippen LogP contribution in [-0.2, 0) is 4.79 Å². The summed E-state index contributed by atoms with van der Waals surface area (Å²) in [7, 11) is 0. The molecule has 27 heavy (non-hydrogen) atoms. The van der Waals surface area contributed by atoms with Gasteiger partial charge in [-0.05, 0) is 56.5 Å². The Labute approximate surface area is 161 Å². The molecule has 0 aromatic heterocycles. The van der Waals surface area contributed by atoms with Crippen molar-refractivity contribution in [3.63, 3.8) is 0 Å². The van der Waals surface area contributed by atoms with Crippen LogP contribution in [0.1, 0.15) is 56.5 Å². The molecule has 0 aliphatic rings. The number of benzene rings is 2. The Morgan fingerprint density at radius 2 is 1.74 bits per heavy atom. The third kappa shape index (κ3) is 6.44. The fraction of sp³-hybridized carbons (Fsp3) is 0.364. The van der Waals surface area contributed by atoms with Crippen LogP contribution >= 0.6 is 0 Å². The highest BCUT2D eigenvalue weighted by Gasteiger charge is 2.16. The van der Waals surface area contributed by atoms with Gasteiger partial charge in [0.2, 0.25) is 0 Å². The smallest absolute Gasteiger partial charge is 0.262 e. The molecule has 0 heterocycles. The van der Waals surface area contributed by atoms with Gasteiger partial charge >= 0.3 is 0 Å². The highest BCUT2D eigenvalue weighted by atomic mass is 16.5. The molecule has 0 saturated heterocycles. The first-order chi connectivity index (χ1) is 12.7. The Balaban J connectivity index is 1.98. The minimum absolute atomic E-state index is 0.0951. The number of nitrogens with one attached hydrogen (secondary N) is 2. The Bertz CT molecular complexity index is 807. The number of carbonyl (C=O) groups excluding carboxylic acids is 2. The van der Waals surface area contributed by atoms with Crippen molar-refractivity contribution in [2.45, 2.75) is 46.1 Å². The lowest BCUT2D eigenvalue weighted by Gasteiger charge is -2.20. The van der Waals surface area contributed by atoms with Crippen molar-refractivity contribution in [2.75, 3.05) is 11.9 Å². The van der Waals surface area contributed by atoms with Crippen LogP contribution in [0.25, 0.3) is 0 Å². The molecule has 2 N–H and O–H groups in total. The van der Waals surface area contributed by atoms with Crippen LogP contribution in [0.2, 0.25) is 0 Å². The molecule has 0 aliphatic carbocycles. The van der Waals surface area contributed by atoms with Gasteiger partial charge < -0.3 is 15.4 Å². The van der Waals surface area contributed by atoms with Crippen molar-refractivity contribution < 1.29 is 14.3 Å². The first-order valence-electron chi connectivity index (χ1n) is 9.10. The fourth-order valence-corrected chi connectivity index (χ4v) is 2.58. The highest BCUT2D eigenvalue weighted by molar-refractivity contribution is 5.97. The van der Waals surface area contributed by atoms with E-state index in [1.807, 2.05) is 45.0 Å². The number of carbonyl (C=O) groups is 2. The van der Waals surface area contributed by atoms with Gasteiger partial charge in [0.15, 0.2) is 6.61 Å². The number of ether oxygens (including phenoxy) is 1. The largest absolute Gasteiger partial charge is 0.483 e. The summed E-state index contributed by atoms with van der Waals surface area (Å²) in [5, 5.41) is 5.68. The minimum atomic E-state index is -0.325. The second-order valence-corrected chi connectivity index (χ2v) is 7.81. The predicted octanol–water partition coefficient (Wildman–Crippen LogP) is 4.36.